The number of benzene rings is 2. The Morgan fingerprint density at radius 2 is 1.93 bits per heavy atom. The van der Waals surface area contributed by atoms with Crippen molar-refractivity contribution in [2.45, 2.75) is 18.9 Å². The van der Waals surface area contributed by atoms with Gasteiger partial charge in [-0.1, -0.05) is 49.1 Å². The molecular weight excluding hydrogens is 376 g/mol. The molecule has 1 aliphatic rings. The number of methoxy groups -OCH3 is 1. The normalized spacial score (nSPS) is 15.1. The van der Waals surface area contributed by atoms with Crippen molar-refractivity contribution < 1.29 is 14.3 Å². The van der Waals surface area contributed by atoms with Gasteiger partial charge in [0.25, 0.3) is 0 Å². The summed E-state index contributed by atoms with van der Waals surface area (Å²) in [6.45, 7) is 6.80. The maximum absolute atomic E-state index is 12.4. The summed E-state index contributed by atoms with van der Waals surface area (Å²) in [7, 11) is 1.60. The second kappa shape index (κ2) is 11.2. The van der Waals surface area contributed by atoms with Crippen LogP contribution in [0, 0.1) is 0 Å². The Labute approximate surface area is 179 Å². The summed E-state index contributed by atoms with van der Waals surface area (Å²) in [4.78, 5) is 14.9. The molecule has 1 amide bonds. The van der Waals surface area contributed by atoms with Crippen molar-refractivity contribution in [3.05, 3.63) is 78.4 Å². The van der Waals surface area contributed by atoms with Crippen molar-refractivity contribution in [3.63, 3.8) is 0 Å². The summed E-state index contributed by atoms with van der Waals surface area (Å²) in [6, 6.07) is 16.2. The zero-order valence-corrected chi connectivity index (χ0v) is 17.5. The van der Waals surface area contributed by atoms with E-state index in [-0.39, 0.29) is 11.9 Å². The van der Waals surface area contributed by atoms with E-state index in [1.807, 2.05) is 24.3 Å². The summed E-state index contributed by atoms with van der Waals surface area (Å²) in [5.41, 5.74) is 2.11. The summed E-state index contributed by atoms with van der Waals surface area (Å²) >= 11 is 0. The van der Waals surface area contributed by atoms with Crippen LogP contribution in [0.4, 0.5) is 0 Å². The van der Waals surface area contributed by atoms with Gasteiger partial charge in [-0.2, -0.15) is 0 Å². The van der Waals surface area contributed by atoms with Crippen molar-refractivity contribution in [2.24, 2.45) is 0 Å². The highest BCUT2D eigenvalue weighted by molar-refractivity contribution is 5.91. The van der Waals surface area contributed by atoms with Crippen LogP contribution >= 0.6 is 0 Å². The smallest absolute Gasteiger partial charge is 0.244 e. The predicted molar refractivity (Wildman–Crippen MR) is 121 cm³/mol. The van der Waals surface area contributed by atoms with Crippen LogP contribution in [0.15, 0.2) is 67.3 Å². The Morgan fingerprint density at radius 1 is 1.17 bits per heavy atom. The van der Waals surface area contributed by atoms with Gasteiger partial charge in [0.1, 0.15) is 6.61 Å². The molecule has 1 heterocycles. The molecule has 1 atom stereocenters. The van der Waals surface area contributed by atoms with Crippen molar-refractivity contribution in [1.82, 2.24) is 10.2 Å². The molecule has 0 bridgehead atoms. The van der Waals surface area contributed by atoms with Crippen LogP contribution in [0.1, 0.15) is 30.0 Å². The van der Waals surface area contributed by atoms with Gasteiger partial charge in [-0.05, 0) is 55.3 Å². The zero-order chi connectivity index (χ0) is 21.2. The number of hydrogen-bond acceptors (Lipinski definition) is 4. The molecule has 1 aliphatic heterocycles. The van der Waals surface area contributed by atoms with Gasteiger partial charge in [0.05, 0.1) is 13.2 Å². The van der Waals surface area contributed by atoms with E-state index in [0.29, 0.717) is 24.7 Å². The molecule has 0 spiro atoms. The molecule has 0 radical (unpaired) electrons. The van der Waals surface area contributed by atoms with Crippen molar-refractivity contribution in [1.29, 1.82) is 0 Å². The first-order valence-corrected chi connectivity index (χ1v) is 10.4. The molecule has 158 valence electrons. The Kier molecular flexibility index (Phi) is 8.10. The average molecular weight is 407 g/mol. The quantitative estimate of drug-likeness (QED) is 0.474. The average Bonchev–Trinajstić information content (AvgIpc) is 3.32. The van der Waals surface area contributed by atoms with Gasteiger partial charge in [0.15, 0.2) is 11.5 Å². The lowest BCUT2D eigenvalue weighted by atomic mass is 10.1. The number of carbonyl (C=O) groups excluding carboxylic acids is 1. The highest BCUT2D eigenvalue weighted by Crippen LogP contribution is 2.28. The molecule has 1 saturated heterocycles. The SMILES string of the molecule is C=CCOc1ccc(/C=C/C(=O)NCC(c2ccccc2)N2CCCC2)cc1OC. The largest absolute Gasteiger partial charge is 0.493 e. The number of rotatable bonds is 10. The molecule has 0 saturated carbocycles. The van der Waals surface area contributed by atoms with Crippen LogP contribution in [-0.4, -0.2) is 44.2 Å². The summed E-state index contributed by atoms with van der Waals surface area (Å²) in [5, 5.41) is 3.06. The Balaban J connectivity index is 1.61. The Hall–Kier alpha value is -3.05. The fraction of sp³-hybridized carbons (Fsp3) is 0.320. The van der Waals surface area contributed by atoms with Crippen LogP contribution < -0.4 is 14.8 Å². The van der Waals surface area contributed by atoms with Gasteiger partial charge >= 0.3 is 0 Å². The molecule has 2 aromatic carbocycles. The topological polar surface area (TPSA) is 50.8 Å². The number of hydrogen-bond donors (Lipinski definition) is 1. The van der Waals surface area contributed by atoms with Crippen LogP contribution in [0.5, 0.6) is 11.5 Å². The van der Waals surface area contributed by atoms with Crippen molar-refractivity contribution in [2.75, 3.05) is 33.4 Å². The minimum Gasteiger partial charge on any atom is -0.493 e. The first kappa shape index (κ1) is 21.7. The third kappa shape index (κ3) is 5.97. The standard InChI is InChI=1S/C25H30N2O3/c1-3-17-30-23-13-11-20(18-24(23)29-2)12-14-25(28)26-19-22(27-15-7-8-16-27)21-9-5-4-6-10-21/h3-6,9-14,18,22H,1,7-8,15-17,19H2,2H3,(H,26,28)/b14-12+. The van der Waals surface area contributed by atoms with Crippen LogP contribution in [0.25, 0.3) is 6.08 Å². The Morgan fingerprint density at radius 3 is 2.63 bits per heavy atom. The zero-order valence-electron chi connectivity index (χ0n) is 17.5. The number of amides is 1. The van der Waals surface area contributed by atoms with Crippen LogP contribution in [-0.2, 0) is 4.79 Å². The maximum atomic E-state index is 12.4. The number of nitrogens with one attached hydrogen (secondary N) is 1. The number of carbonyl (C=O) groups is 1. The van der Waals surface area contributed by atoms with Crippen LogP contribution in [0.3, 0.4) is 0 Å². The first-order chi connectivity index (χ1) is 14.7. The molecular formula is C25H30N2O3. The van der Waals surface area contributed by atoms with E-state index in [2.05, 4.69) is 41.1 Å². The minimum atomic E-state index is -0.110. The molecule has 1 unspecified atom stereocenters. The van der Waals surface area contributed by atoms with E-state index in [1.165, 1.54) is 18.4 Å². The van der Waals surface area contributed by atoms with E-state index >= 15 is 0 Å². The number of ether oxygens (including phenoxy) is 2. The fourth-order valence-corrected chi connectivity index (χ4v) is 3.67. The summed E-state index contributed by atoms with van der Waals surface area (Å²) in [6.07, 6.45) is 7.45. The van der Waals surface area contributed by atoms with E-state index in [9.17, 15) is 4.79 Å². The van der Waals surface area contributed by atoms with Crippen molar-refractivity contribution >= 4 is 12.0 Å². The second-order valence-electron chi connectivity index (χ2n) is 7.26. The van der Waals surface area contributed by atoms with Gasteiger partial charge in [-0.3, -0.25) is 9.69 Å². The molecule has 5 heteroatoms. The second-order valence-corrected chi connectivity index (χ2v) is 7.26. The molecule has 0 aromatic heterocycles. The molecule has 2 aromatic rings. The lowest BCUT2D eigenvalue weighted by Gasteiger charge is -2.28. The summed E-state index contributed by atoms with van der Waals surface area (Å²) in [5.74, 6) is 1.16. The maximum Gasteiger partial charge on any atom is 0.244 e. The van der Waals surface area contributed by atoms with Gasteiger partial charge in [-0.15, -0.1) is 0 Å². The van der Waals surface area contributed by atoms with E-state index in [4.69, 9.17) is 9.47 Å². The van der Waals surface area contributed by atoms with Gasteiger partial charge in [-0.25, -0.2) is 0 Å². The minimum absolute atomic E-state index is 0.110. The summed E-state index contributed by atoms with van der Waals surface area (Å²) < 4.78 is 10.9. The highest BCUT2D eigenvalue weighted by Gasteiger charge is 2.23. The van der Waals surface area contributed by atoms with Gasteiger partial charge in [0, 0.05) is 12.6 Å². The fourth-order valence-electron chi connectivity index (χ4n) is 3.67. The number of nitrogens with zero attached hydrogens (tertiary/aromatic N) is 1. The molecule has 1 N–H and O–H groups in total. The van der Waals surface area contributed by atoms with E-state index < -0.39 is 0 Å². The molecule has 0 aliphatic carbocycles. The third-order valence-corrected chi connectivity index (χ3v) is 5.21. The lowest BCUT2D eigenvalue weighted by Crippen LogP contribution is -2.36. The van der Waals surface area contributed by atoms with E-state index in [1.54, 1.807) is 25.3 Å². The number of likely N-dealkylation sites (tertiary alicyclic amines) is 1. The monoisotopic (exact) mass is 406 g/mol. The van der Waals surface area contributed by atoms with Gasteiger partial charge < -0.3 is 14.8 Å². The van der Waals surface area contributed by atoms with Gasteiger partial charge in [0.2, 0.25) is 5.91 Å². The third-order valence-electron chi connectivity index (χ3n) is 5.21. The van der Waals surface area contributed by atoms with E-state index in [0.717, 1.165) is 18.7 Å². The molecule has 1 fully saturated rings. The Bertz CT molecular complexity index is 858. The lowest BCUT2D eigenvalue weighted by molar-refractivity contribution is -0.116. The first-order valence-electron chi connectivity index (χ1n) is 10.4. The predicted octanol–water partition coefficient (Wildman–Crippen LogP) is 4.23. The molecule has 3 rings (SSSR count). The molecule has 30 heavy (non-hydrogen) atoms. The molecule has 5 nitrogen and oxygen atoms in total. The highest BCUT2D eigenvalue weighted by atomic mass is 16.5. The van der Waals surface area contributed by atoms with Crippen molar-refractivity contribution in [3.8, 4) is 11.5 Å². The van der Waals surface area contributed by atoms with Crippen LogP contribution in [0.2, 0.25) is 0 Å².